The molecule has 13 heteroatoms. The molecular weight excluding hydrogens is 608 g/mol. The SMILES string of the molecule is CC(C)NC(=O)CNC(=O)c1ccc(C2=NOC(c3cc(Br)cc(C(F)(F)F)c3)(C(F)(F)F)C2)c2ccccc12. The number of fused-ring (bicyclic) bond motifs is 1. The van der Waals surface area contributed by atoms with Gasteiger partial charge in [0.15, 0.2) is 0 Å². The first-order valence-electron chi connectivity index (χ1n) is 11.9. The maximum atomic E-state index is 14.5. The second-order valence-electron chi connectivity index (χ2n) is 9.47. The van der Waals surface area contributed by atoms with Crippen molar-refractivity contribution in [3.05, 3.63) is 81.3 Å². The summed E-state index contributed by atoms with van der Waals surface area (Å²) in [5, 5.41) is 9.57. The smallest absolute Gasteiger partial charge is 0.374 e. The van der Waals surface area contributed by atoms with Crippen molar-refractivity contribution in [3.8, 4) is 0 Å². The van der Waals surface area contributed by atoms with Crippen molar-refractivity contribution in [2.45, 2.75) is 44.3 Å². The predicted molar refractivity (Wildman–Crippen MR) is 139 cm³/mol. The number of carbonyl (C=O) groups is 2. The summed E-state index contributed by atoms with van der Waals surface area (Å²) >= 11 is 2.87. The minimum absolute atomic E-state index is 0.125. The quantitative estimate of drug-likeness (QED) is 0.307. The molecule has 1 aliphatic heterocycles. The van der Waals surface area contributed by atoms with Crippen LogP contribution >= 0.6 is 15.9 Å². The standard InChI is InChI=1S/C27H22BrF6N3O3/c1-14(2)36-23(38)13-35-24(39)21-8-7-20(18-5-3-4-6-19(18)21)22-12-25(40-37-22,27(32,33)34)15-9-16(26(29,30)31)11-17(28)10-15/h3-11,14H,12-13H2,1-2H3,(H,35,39)(H,36,38). The predicted octanol–water partition coefficient (Wildman–Crippen LogP) is 6.46. The summed E-state index contributed by atoms with van der Waals surface area (Å²) in [6.45, 7) is 3.25. The van der Waals surface area contributed by atoms with Gasteiger partial charge in [-0.1, -0.05) is 51.4 Å². The Hall–Kier alpha value is -3.61. The van der Waals surface area contributed by atoms with Gasteiger partial charge in [0.25, 0.3) is 11.5 Å². The van der Waals surface area contributed by atoms with Gasteiger partial charge in [0.05, 0.1) is 17.8 Å². The number of amides is 2. The number of oxime groups is 1. The normalized spacial score (nSPS) is 17.5. The Morgan fingerprint density at radius 2 is 1.70 bits per heavy atom. The van der Waals surface area contributed by atoms with E-state index in [0.29, 0.717) is 22.9 Å². The molecular formula is C27H22BrF6N3O3. The van der Waals surface area contributed by atoms with Crippen LogP contribution in [0.15, 0.2) is 64.2 Å². The Morgan fingerprint density at radius 3 is 2.33 bits per heavy atom. The van der Waals surface area contributed by atoms with Crippen LogP contribution in [0.5, 0.6) is 0 Å². The largest absolute Gasteiger partial charge is 0.435 e. The van der Waals surface area contributed by atoms with E-state index >= 15 is 0 Å². The van der Waals surface area contributed by atoms with Crippen LogP contribution in [0.2, 0.25) is 0 Å². The van der Waals surface area contributed by atoms with Gasteiger partial charge in [0, 0.05) is 33.6 Å². The number of nitrogens with one attached hydrogen (secondary N) is 2. The van der Waals surface area contributed by atoms with Gasteiger partial charge in [-0.25, -0.2) is 0 Å². The summed E-state index contributed by atoms with van der Waals surface area (Å²) < 4.78 is 83.5. The lowest BCUT2D eigenvalue weighted by Crippen LogP contribution is -2.43. The van der Waals surface area contributed by atoms with E-state index < -0.39 is 47.3 Å². The molecule has 0 bridgehead atoms. The number of rotatable bonds is 6. The fraction of sp³-hybridized carbons (Fsp3) is 0.296. The third-order valence-electron chi connectivity index (χ3n) is 6.22. The maximum absolute atomic E-state index is 14.5. The average Bonchev–Trinajstić information content (AvgIpc) is 3.32. The van der Waals surface area contributed by atoms with Crippen molar-refractivity contribution < 1.29 is 40.8 Å². The Morgan fingerprint density at radius 1 is 1.02 bits per heavy atom. The van der Waals surface area contributed by atoms with Crippen LogP contribution in [0.4, 0.5) is 26.3 Å². The molecule has 40 heavy (non-hydrogen) atoms. The van der Waals surface area contributed by atoms with Crippen LogP contribution in [0.3, 0.4) is 0 Å². The second kappa shape index (κ2) is 10.8. The molecule has 212 valence electrons. The number of halogens is 7. The Bertz CT molecular complexity index is 1500. The molecule has 0 aliphatic carbocycles. The lowest BCUT2D eigenvalue weighted by atomic mass is 9.84. The summed E-state index contributed by atoms with van der Waals surface area (Å²) in [5.41, 5.74) is -5.00. The molecule has 0 fully saturated rings. The Labute approximate surface area is 232 Å². The zero-order valence-corrected chi connectivity index (χ0v) is 22.6. The number of nitrogens with zero attached hydrogens (tertiary/aromatic N) is 1. The minimum atomic E-state index is -5.13. The van der Waals surface area contributed by atoms with Crippen molar-refractivity contribution in [2.75, 3.05) is 6.54 Å². The molecule has 0 aromatic heterocycles. The van der Waals surface area contributed by atoms with E-state index in [-0.39, 0.29) is 33.9 Å². The Kier molecular flexibility index (Phi) is 7.90. The first-order chi connectivity index (χ1) is 18.6. The lowest BCUT2D eigenvalue weighted by Gasteiger charge is -2.30. The summed E-state index contributed by atoms with van der Waals surface area (Å²) in [6.07, 6.45) is -10.9. The molecule has 3 aromatic rings. The lowest BCUT2D eigenvalue weighted by molar-refractivity contribution is -0.276. The van der Waals surface area contributed by atoms with Crippen LogP contribution < -0.4 is 10.6 Å². The van der Waals surface area contributed by atoms with Gasteiger partial charge in [-0.2, -0.15) is 26.3 Å². The van der Waals surface area contributed by atoms with Gasteiger partial charge in [0.2, 0.25) is 5.91 Å². The fourth-order valence-corrected chi connectivity index (χ4v) is 4.91. The molecule has 0 saturated carbocycles. The van der Waals surface area contributed by atoms with Crippen LogP contribution in [-0.4, -0.2) is 36.3 Å². The molecule has 0 spiro atoms. The molecule has 2 amide bonds. The van der Waals surface area contributed by atoms with Crippen molar-refractivity contribution in [2.24, 2.45) is 5.16 Å². The number of alkyl halides is 6. The third-order valence-corrected chi connectivity index (χ3v) is 6.67. The highest BCUT2D eigenvalue weighted by Gasteiger charge is 2.62. The summed E-state index contributed by atoms with van der Waals surface area (Å²) in [4.78, 5) is 29.7. The monoisotopic (exact) mass is 629 g/mol. The molecule has 3 aromatic carbocycles. The van der Waals surface area contributed by atoms with Crippen LogP contribution in [-0.2, 0) is 21.4 Å². The van der Waals surface area contributed by atoms with Crippen LogP contribution in [0, 0.1) is 0 Å². The minimum Gasteiger partial charge on any atom is -0.374 e. The number of carbonyl (C=O) groups excluding carboxylic acids is 2. The van der Waals surface area contributed by atoms with E-state index in [2.05, 4.69) is 31.7 Å². The van der Waals surface area contributed by atoms with E-state index in [0.717, 1.165) is 6.07 Å². The van der Waals surface area contributed by atoms with E-state index in [4.69, 9.17) is 4.84 Å². The molecule has 1 aliphatic rings. The molecule has 1 unspecified atom stereocenters. The van der Waals surface area contributed by atoms with Gasteiger partial charge < -0.3 is 15.5 Å². The van der Waals surface area contributed by atoms with Gasteiger partial charge in [-0.3, -0.25) is 9.59 Å². The topological polar surface area (TPSA) is 79.8 Å². The molecule has 1 heterocycles. The van der Waals surface area contributed by atoms with Crippen molar-refractivity contribution in [1.29, 1.82) is 0 Å². The van der Waals surface area contributed by atoms with Crippen LogP contribution in [0.1, 0.15) is 47.3 Å². The van der Waals surface area contributed by atoms with Gasteiger partial charge >= 0.3 is 12.4 Å². The third kappa shape index (κ3) is 5.79. The van der Waals surface area contributed by atoms with Crippen molar-refractivity contribution in [3.63, 3.8) is 0 Å². The summed E-state index contributed by atoms with van der Waals surface area (Å²) in [6, 6.07) is 11.0. The average molecular weight is 630 g/mol. The van der Waals surface area contributed by atoms with E-state index in [1.54, 1.807) is 38.1 Å². The molecule has 6 nitrogen and oxygen atoms in total. The van der Waals surface area contributed by atoms with Gasteiger partial charge in [-0.05, 0) is 48.9 Å². The first kappa shape index (κ1) is 29.4. The van der Waals surface area contributed by atoms with Gasteiger partial charge in [-0.15, -0.1) is 0 Å². The second-order valence-corrected chi connectivity index (χ2v) is 10.4. The zero-order chi connectivity index (χ0) is 29.5. The van der Waals surface area contributed by atoms with Crippen molar-refractivity contribution in [1.82, 2.24) is 10.6 Å². The van der Waals surface area contributed by atoms with E-state index in [1.165, 1.54) is 12.1 Å². The molecule has 2 N–H and O–H groups in total. The zero-order valence-electron chi connectivity index (χ0n) is 21.0. The Balaban J connectivity index is 1.71. The summed E-state index contributed by atoms with van der Waals surface area (Å²) in [7, 11) is 0. The highest BCUT2D eigenvalue weighted by Crippen LogP contribution is 2.50. The number of benzene rings is 3. The van der Waals surface area contributed by atoms with E-state index in [1.807, 2.05) is 0 Å². The highest BCUT2D eigenvalue weighted by molar-refractivity contribution is 9.10. The van der Waals surface area contributed by atoms with Gasteiger partial charge in [0.1, 0.15) is 0 Å². The first-order valence-corrected chi connectivity index (χ1v) is 12.7. The highest BCUT2D eigenvalue weighted by atomic mass is 79.9. The maximum Gasteiger partial charge on any atom is 0.435 e. The molecule has 0 saturated heterocycles. The molecule has 4 rings (SSSR count). The van der Waals surface area contributed by atoms with Crippen molar-refractivity contribution >= 4 is 44.2 Å². The van der Waals surface area contributed by atoms with Crippen LogP contribution in [0.25, 0.3) is 10.8 Å². The summed E-state index contributed by atoms with van der Waals surface area (Å²) in [5.74, 6) is -0.976. The number of hydrogen-bond acceptors (Lipinski definition) is 4. The fourth-order valence-electron chi connectivity index (χ4n) is 4.41. The number of hydrogen-bond donors (Lipinski definition) is 2. The molecule has 0 radical (unpaired) electrons. The molecule has 1 atom stereocenters. The van der Waals surface area contributed by atoms with E-state index in [9.17, 15) is 35.9 Å².